The zero-order valence-corrected chi connectivity index (χ0v) is 12.6. The summed E-state index contributed by atoms with van der Waals surface area (Å²) in [5.41, 5.74) is 0. The Kier molecular flexibility index (Phi) is 9.57. The number of rotatable bonds is 1. The van der Waals surface area contributed by atoms with Crippen molar-refractivity contribution < 1.29 is 23.7 Å². The Hall–Kier alpha value is -0.690. The third-order valence-electron chi connectivity index (χ3n) is 2.93. The third kappa shape index (κ3) is 7.79. The van der Waals surface area contributed by atoms with Crippen LogP contribution in [0.1, 0.15) is 13.8 Å². The smallest absolute Gasteiger partial charge is 0.225 e. The zero-order valence-electron chi connectivity index (χ0n) is 12.6. The SMILES string of the molecule is CC(C)C(=O)N1CCOCCOCCOCCOCC1. The Morgan fingerprint density at radius 1 is 0.750 bits per heavy atom. The first-order chi connectivity index (χ1) is 9.72. The summed E-state index contributed by atoms with van der Waals surface area (Å²) in [7, 11) is 0. The molecule has 0 N–H and O–H groups in total. The molecular weight excluding hydrogens is 262 g/mol. The Labute approximate surface area is 121 Å². The van der Waals surface area contributed by atoms with Gasteiger partial charge in [-0.2, -0.15) is 0 Å². The van der Waals surface area contributed by atoms with Gasteiger partial charge in [0, 0.05) is 19.0 Å². The molecule has 1 aliphatic rings. The van der Waals surface area contributed by atoms with Crippen molar-refractivity contribution in [2.24, 2.45) is 5.92 Å². The Morgan fingerprint density at radius 3 is 1.45 bits per heavy atom. The second kappa shape index (κ2) is 11.0. The van der Waals surface area contributed by atoms with E-state index in [-0.39, 0.29) is 11.8 Å². The first-order valence-corrected chi connectivity index (χ1v) is 7.31. The molecule has 1 saturated heterocycles. The van der Waals surface area contributed by atoms with Crippen molar-refractivity contribution in [1.82, 2.24) is 4.90 Å². The number of carbonyl (C=O) groups is 1. The van der Waals surface area contributed by atoms with Crippen LogP contribution < -0.4 is 0 Å². The minimum absolute atomic E-state index is 0.0104. The molecule has 6 nitrogen and oxygen atoms in total. The van der Waals surface area contributed by atoms with E-state index in [0.717, 1.165) is 0 Å². The highest BCUT2D eigenvalue weighted by Gasteiger charge is 2.16. The molecule has 6 heteroatoms. The van der Waals surface area contributed by atoms with E-state index in [2.05, 4.69) is 0 Å². The molecule has 1 heterocycles. The number of hydrogen-bond donors (Lipinski definition) is 0. The van der Waals surface area contributed by atoms with E-state index in [1.54, 1.807) is 4.90 Å². The van der Waals surface area contributed by atoms with Gasteiger partial charge >= 0.3 is 0 Å². The summed E-state index contributed by atoms with van der Waals surface area (Å²) in [6, 6.07) is 0. The number of nitrogens with zero attached hydrogens (tertiary/aromatic N) is 1. The minimum atomic E-state index is -0.0104. The predicted octanol–water partition coefficient (Wildman–Crippen LogP) is 0.551. The van der Waals surface area contributed by atoms with Crippen molar-refractivity contribution in [2.75, 3.05) is 65.9 Å². The molecule has 1 aliphatic heterocycles. The van der Waals surface area contributed by atoms with Gasteiger partial charge in [0.1, 0.15) is 0 Å². The highest BCUT2D eigenvalue weighted by Crippen LogP contribution is 2.01. The second-order valence-electron chi connectivity index (χ2n) is 4.93. The van der Waals surface area contributed by atoms with Crippen molar-refractivity contribution in [2.45, 2.75) is 13.8 Å². The largest absolute Gasteiger partial charge is 0.377 e. The minimum Gasteiger partial charge on any atom is -0.377 e. The van der Waals surface area contributed by atoms with E-state index in [1.165, 1.54) is 0 Å². The molecule has 0 aliphatic carbocycles. The molecule has 0 bridgehead atoms. The fourth-order valence-corrected chi connectivity index (χ4v) is 1.81. The van der Waals surface area contributed by atoms with Gasteiger partial charge in [-0.15, -0.1) is 0 Å². The molecular formula is C14H27NO5. The lowest BCUT2D eigenvalue weighted by molar-refractivity contribution is -0.136. The predicted molar refractivity (Wildman–Crippen MR) is 74.7 cm³/mol. The molecule has 0 unspecified atom stereocenters. The van der Waals surface area contributed by atoms with Crippen LogP contribution in [-0.2, 0) is 23.7 Å². The Bertz CT molecular complexity index is 244. The molecule has 20 heavy (non-hydrogen) atoms. The average molecular weight is 289 g/mol. The van der Waals surface area contributed by atoms with Crippen LogP contribution in [0.2, 0.25) is 0 Å². The van der Waals surface area contributed by atoms with Crippen LogP contribution in [0, 0.1) is 5.92 Å². The monoisotopic (exact) mass is 289 g/mol. The molecule has 1 fully saturated rings. The summed E-state index contributed by atoms with van der Waals surface area (Å²) >= 11 is 0. The standard InChI is InChI=1S/C14H27NO5/c1-13(2)14(16)15-3-5-17-7-9-19-11-12-20-10-8-18-6-4-15/h13H,3-12H2,1-2H3. The molecule has 0 radical (unpaired) electrons. The Morgan fingerprint density at radius 2 is 1.10 bits per heavy atom. The number of hydrogen-bond acceptors (Lipinski definition) is 5. The van der Waals surface area contributed by atoms with Crippen LogP contribution in [-0.4, -0.2) is 76.8 Å². The summed E-state index contributed by atoms with van der Waals surface area (Å²) in [5, 5.41) is 0. The summed E-state index contributed by atoms with van der Waals surface area (Å²) in [6.45, 7) is 9.38. The van der Waals surface area contributed by atoms with Gasteiger partial charge in [0.05, 0.1) is 52.9 Å². The van der Waals surface area contributed by atoms with Crippen molar-refractivity contribution >= 4 is 5.91 Å². The van der Waals surface area contributed by atoms with Crippen molar-refractivity contribution in [3.05, 3.63) is 0 Å². The molecule has 0 aromatic heterocycles. The highest BCUT2D eigenvalue weighted by molar-refractivity contribution is 5.78. The van der Waals surface area contributed by atoms with Crippen molar-refractivity contribution in [3.8, 4) is 0 Å². The van der Waals surface area contributed by atoms with Crippen LogP contribution in [0.5, 0.6) is 0 Å². The molecule has 0 aromatic carbocycles. The molecule has 0 saturated carbocycles. The maximum absolute atomic E-state index is 12.1. The lowest BCUT2D eigenvalue weighted by Crippen LogP contribution is -2.39. The number of ether oxygens (including phenoxy) is 4. The van der Waals surface area contributed by atoms with E-state index in [0.29, 0.717) is 65.9 Å². The summed E-state index contributed by atoms with van der Waals surface area (Å²) in [6.07, 6.45) is 0. The van der Waals surface area contributed by atoms with Crippen molar-refractivity contribution in [3.63, 3.8) is 0 Å². The summed E-state index contributed by atoms with van der Waals surface area (Å²) in [5.74, 6) is 0.123. The van der Waals surface area contributed by atoms with Gasteiger partial charge in [-0.25, -0.2) is 0 Å². The van der Waals surface area contributed by atoms with E-state index in [4.69, 9.17) is 18.9 Å². The molecule has 0 atom stereocenters. The van der Waals surface area contributed by atoms with Gasteiger partial charge in [-0.1, -0.05) is 13.8 Å². The van der Waals surface area contributed by atoms with Crippen LogP contribution in [0.25, 0.3) is 0 Å². The molecule has 1 rings (SSSR count). The third-order valence-corrected chi connectivity index (χ3v) is 2.93. The fourth-order valence-electron chi connectivity index (χ4n) is 1.81. The van der Waals surface area contributed by atoms with Crippen LogP contribution in [0.3, 0.4) is 0 Å². The van der Waals surface area contributed by atoms with Gasteiger partial charge in [-0.3, -0.25) is 4.79 Å². The molecule has 1 amide bonds. The molecule has 0 aromatic rings. The first-order valence-electron chi connectivity index (χ1n) is 7.31. The number of amides is 1. The maximum atomic E-state index is 12.1. The van der Waals surface area contributed by atoms with Gasteiger partial charge in [0.2, 0.25) is 5.91 Å². The van der Waals surface area contributed by atoms with Crippen molar-refractivity contribution in [1.29, 1.82) is 0 Å². The van der Waals surface area contributed by atoms with Gasteiger partial charge in [0.15, 0.2) is 0 Å². The lowest BCUT2D eigenvalue weighted by Gasteiger charge is -2.24. The number of carbonyl (C=O) groups excluding carboxylic acids is 1. The first kappa shape index (κ1) is 17.4. The highest BCUT2D eigenvalue weighted by atomic mass is 16.6. The molecule has 118 valence electrons. The van der Waals surface area contributed by atoms with E-state index in [1.807, 2.05) is 13.8 Å². The Balaban J connectivity index is 2.38. The normalized spacial score (nSPS) is 21.2. The second-order valence-corrected chi connectivity index (χ2v) is 4.93. The lowest BCUT2D eigenvalue weighted by atomic mass is 10.2. The van der Waals surface area contributed by atoms with Gasteiger partial charge in [-0.05, 0) is 0 Å². The van der Waals surface area contributed by atoms with Gasteiger partial charge in [0.25, 0.3) is 0 Å². The summed E-state index contributed by atoms with van der Waals surface area (Å²) < 4.78 is 21.6. The van der Waals surface area contributed by atoms with E-state index < -0.39 is 0 Å². The quantitative estimate of drug-likeness (QED) is 0.705. The topological polar surface area (TPSA) is 57.2 Å². The molecule has 0 spiro atoms. The fraction of sp³-hybridized carbons (Fsp3) is 0.929. The van der Waals surface area contributed by atoms with Crippen LogP contribution in [0.15, 0.2) is 0 Å². The van der Waals surface area contributed by atoms with E-state index >= 15 is 0 Å². The van der Waals surface area contributed by atoms with E-state index in [9.17, 15) is 4.79 Å². The summed E-state index contributed by atoms with van der Waals surface area (Å²) in [4.78, 5) is 13.9. The maximum Gasteiger partial charge on any atom is 0.225 e. The van der Waals surface area contributed by atoms with Gasteiger partial charge < -0.3 is 23.8 Å². The van der Waals surface area contributed by atoms with Crippen LogP contribution in [0.4, 0.5) is 0 Å². The van der Waals surface area contributed by atoms with Crippen LogP contribution >= 0.6 is 0 Å². The zero-order chi connectivity index (χ0) is 14.6. The average Bonchev–Trinajstić information content (AvgIpc) is 2.44.